The smallest absolute Gasteiger partial charge is 0.303 e. The van der Waals surface area contributed by atoms with Crippen LogP contribution < -0.4 is 9.47 Å². The van der Waals surface area contributed by atoms with Crippen LogP contribution in [0.2, 0.25) is 0 Å². The van der Waals surface area contributed by atoms with Crippen LogP contribution in [-0.4, -0.2) is 47.1 Å². The van der Waals surface area contributed by atoms with Crippen molar-refractivity contribution in [1.82, 2.24) is 0 Å². The highest BCUT2D eigenvalue weighted by atomic mass is 16.5. The number of benzene rings is 4. The Bertz CT molecular complexity index is 1430. The van der Waals surface area contributed by atoms with E-state index in [1.165, 1.54) is 5.56 Å². The SMILES string of the molecule is C=Cc1ccc(CCC(=O)O)cc1.C=Cc1ccc(OCCCCOc2ccc(C=C)cc2)cc1.C=Cc1ccccc1.CC(=O)O.CCO. The van der Waals surface area contributed by atoms with Gasteiger partial charge in [0.15, 0.2) is 0 Å². The fraction of sp³-hybridized carbons (Fsp3) is 0.209. The molecule has 0 aromatic heterocycles. The van der Waals surface area contributed by atoms with Crippen molar-refractivity contribution in [2.45, 2.75) is 39.5 Å². The molecule has 7 nitrogen and oxygen atoms in total. The van der Waals surface area contributed by atoms with Gasteiger partial charge in [0.2, 0.25) is 0 Å². The number of rotatable bonds is 14. The molecule has 0 unspecified atom stereocenters. The van der Waals surface area contributed by atoms with Crippen molar-refractivity contribution in [1.29, 1.82) is 0 Å². The van der Waals surface area contributed by atoms with E-state index in [-0.39, 0.29) is 13.0 Å². The Morgan fingerprint density at radius 1 is 0.600 bits per heavy atom. The quantitative estimate of drug-likeness (QED) is 0.114. The third-order valence-corrected chi connectivity index (χ3v) is 6.19. The van der Waals surface area contributed by atoms with E-state index in [0.717, 1.165) is 53.5 Å². The van der Waals surface area contributed by atoms with Crippen molar-refractivity contribution in [3.8, 4) is 11.5 Å². The molecule has 0 spiro atoms. The van der Waals surface area contributed by atoms with E-state index in [4.69, 9.17) is 29.6 Å². The Kier molecular flexibility index (Phi) is 26.1. The molecule has 0 aliphatic carbocycles. The molecule has 0 saturated carbocycles. The molecule has 7 heteroatoms. The zero-order valence-electron chi connectivity index (χ0n) is 29.4. The van der Waals surface area contributed by atoms with E-state index in [0.29, 0.717) is 19.6 Å². The van der Waals surface area contributed by atoms with Crippen molar-refractivity contribution in [3.63, 3.8) is 0 Å². The van der Waals surface area contributed by atoms with Gasteiger partial charge in [0.05, 0.1) is 13.2 Å². The molecule has 0 aliphatic rings. The normalized spacial score (nSPS) is 9.10. The minimum atomic E-state index is -0.833. The molecule has 266 valence electrons. The Morgan fingerprint density at radius 3 is 1.22 bits per heavy atom. The largest absolute Gasteiger partial charge is 0.494 e. The van der Waals surface area contributed by atoms with Gasteiger partial charge < -0.3 is 24.8 Å². The van der Waals surface area contributed by atoms with Gasteiger partial charge in [-0.15, -0.1) is 0 Å². The summed E-state index contributed by atoms with van der Waals surface area (Å²) in [4.78, 5) is 19.3. The Hall–Kier alpha value is -5.66. The minimum Gasteiger partial charge on any atom is -0.494 e. The van der Waals surface area contributed by atoms with Gasteiger partial charge >= 0.3 is 5.97 Å². The van der Waals surface area contributed by atoms with Crippen molar-refractivity contribution in [2.24, 2.45) is 0 Å². The molecule has 0 amide bonds. The van der Waals surface area contributed by atoms with Crippen LogP contribution in [0, 0.1) is 0 Å². The lowest BCUT2D eigenvalue weighted by atomic mass is 10.1. The Morgan fingerprint density at radius 2 is 0.920 bits per heavy atom. The third kappa shape index (κ3) is 24.5. The van der Waals surface area contributed by atoms with Crippen LogP contribution in [0.15, 0.2) is 129 Å². The summed E-state index contributed by atoms with van der Waals surface area (Å²) in [5.74, 6) is 0.200. The summed E-state index contributed by atoms with van der Waals surface area (Å²) in [6.45, 7) is 19.1. The predicted molar refractivity (Wildman–Crippen MR) is 208 cm³/mol. The predicted octanol–water partition coefficient (Wildman–Crippen LogP) is 9.98. The van der Waals surface area contributed by atoms with Crippen molar-refractivity contribution < 1.29 is 34.4 Å². The zero-order valence-corrected chi connectivity index (χ0v) is 29.4. The number of unbranched alkanes of at least 4 members (excludes halogenated alkanes) is 1. The molecule has 0 bridgehead atoms. The average Bonchev–Trinajstić information content (AvgIpc) is 3.14. The lowest BCUT2D eigenvalue weighted by molar-refractivity contribution is -0.137. The molecule has 4 aromatic rings. The van der Waals surface area contributed by atoms with Gasteiger partial charge in [-0.2, -0.15) is 0 Å². The molecule has 0 aliphatic heterocycles. The molecule has 0 atom stereocenters. The highest BCUT2D eigenvalue weighted by Gasteiger charge is 1.98. The van der Waals surface area contributed by atoms with Gasteiger partial charge in [0, 0.05) is 20.0 Å². The topological polar surface area (TPSA) is 113 Å². The first-order chi connectivity index (χ1) is 24.1. The van der Waals surface area contributed by atoms with E-state index in [1.807, 2.05) is 121 Å². The van der Waals surface area contributed by atoms with Crippen molar-refractivity contribution in [3.05, 3.63) is 157 Å². The number of aliphatic carboxylic acids is 2. The van der Waals surface area contributed by atoms with Crippen LogP contribution in [0.4, 0.5) is 0 Å². The first kappa shape index (κ1) is 44.3. The lowest BCUT2D eigenvalue weighted by Gasteiger charge is -2.08. The van der Waals surface area contributed by atoms with Gasteiger partial charge in [-0.1, -0.05) is 129 Å². The number of aryl methyl sites for hydroxylation is 1. The summed E-state index contributed by atoms with van der Waals surface area (Å²) >= 11 is 0. The van der Waals surface area contributed by atoms with E-state index in [1.54, 1.807) is 13.0 Å². The second kappa shape index (κ2) is 29.5. The number of carboxylic acid groups (broad SMARTS) is 2. The highest BCUT2D eigenvalue weighted by molar-refractivity contribution is 5.67. The maximum atomic E-state index is 10.3. The molecule has 50 heavy (non-hydrogen) atoms. The zero-order chi connectivity index (χ0) is 37.4. The summed E-state index contributed by atoms with van der Waals surface area (Å²) in [6.07, 6.45) is 9.95. The van der Waals surface area contributed by atoms with Gasteiger partial charge in [-0.05, 0) is 78.3 Å². The number of ether oxygens (including phenoxy) is 2. The van der Waals surface area contributed by atoms with Crippen LogP contribution >= 0.6 is 0 Å². The molecule has 4 rings (SSSR count). The summed E-state index contributed by atoms with van der Waals surface area (Å²) in [5.41, 5.74) is 5.48. The average molecular weight is 681 g/mol. The summed E-state index contributed by atoms with van der Waals surface area (Å²) in [5, 5.41) is 23.4. The van der Waals surface area contributed by atoms with Crippen LogP contribution in [-0.2, 0) is 16.0 Å². The fourth-order valence-electron chi connectivity index (χ4n) is 3.65. The van der Waals surface area contributed by atoms with Gasteiger partial charge in [0.25, 0.3) is 5.97 Å². The molecular weight excluding hydrogens is 628 g/mol. The second-order valence-electron chi connectivity index (χ2n) is 10.2. The van der Waals surface area contributed by atoms with Crippen LogP contribution in [0.3, 0.4) is 0 Å². The van der Waals surface area contributed by atoms with E-state index < -0.39 is 11.9 Å². The maximum Gasteiger partial charge on any atom is 0.303 e. The molecule has 3 N–H and O–H groups in total. The number of carbonyl (C=O) groups is 2. The number of hydrogen-bond acceptors (Lipinski definition) is 5. The first-order valence-electron chi connectivity index (χ1n) is 16.2. The van der Waals surface area contributed by atoms with E-state index in [2.05, 4.69) is 26.3 Å². The standard InChI is InChI=1S/C20H22O2.C11H12O2.C8H8.C2H4O2.C2H6O/c1-3-17-7-11-19(12-8-17)21-15-5-6-16-22-20-13-9-18(4-2)10-14-20;1-2-9-3-5-10(6-4-9)7-8-11(12)13;1-2-8-6-4-3-5-7-8;1-2(3)4;1-2-3/h3-4,7-14H,1-2,5-6,15-16H2;2-6H,1,7-8H2,(H,12,13);2-7H,1H2;1H3,(H,3,4);3H,2H2,1H3. The van der Waals surface area contributed by atoms with Crippen LogP contribution in [0.1, 0.15) is 60.9 Å². The van der Waals surface area contributed by atoms with Crippen LogP contribution in [0.25, 0.3) is 24.3 Å². The third-order valence-electron chi connectivity index (χ3n) is 6.19. The summed E-state index contributed by atoms with van der Waals surface area (Å²) < 4.78 is 11.4. The first-order valence-corrected chi connectivity index (χ1v) is 16.2. The number of aliphatic hydroxyl groups excluding tert-OH is 1. The Balaban J connectivity index is 0.000000721. The van der Waals surface area contributed by atoms with Gasteiger partial charge in [-0.25, -0.2) is 0 Å². The number of aliphatic hydroxyl groups is 1. The lowest BCUT2D eigenvalue weighted by Crippen LogP contribution is -2.02. The molecule has 4 aromatic carbocycles. The molecule has 0 fully saturated rings. The minimum absolute atomic E-state index is 0.188. The van der Waals surface area contributed by atoms with E-state index in [9.17, 15) is 4.79 Å². The summed E-state index contributed by atoms with van der Waals surface area (Å²) in [6, 6.07) is 33.6. The maximum absolute atomic E-state index is 10.3. The summed E-state index contributed by atoms with van der Waals surface area (Å²) in [7, 11) is 0. The highest BCUT2D eigenvalue weighted by Crippen LogP contribution is 2.15. The van der Waals surface area contributed by atoms with Gasteiger partial charge in [-0.3, -0.25) is 9.59 Å². The molecule has 0 radical (unpaired) electrons. The molecule has 0 heterocycles. The number of carboxylic acids is 2. The monoisotopic (exact) mass is 680 g/mol. The second-order valence-corrected chi connectivity index (χ2v) is 10.2. The molecule has 0 saturated heterocycles. The fourth-order valence-corrected chi connectivity index (χ4v) is 3.65. The number of hydrogen-bond donors (Lipinski definition) is 3. The van der Waals surface area contributed by atoms with Gasteiger partial charge in [0.1, 0.15) is 11.5 Å². The molecular formula is C43H52O7. The Labute approximate surface area is 298 Å². The van der Waals surface area contributed by atoms with Crippen molar-refractivity contribution in [2.75, 3.05) is 19.8 Å². The van der Waals surface area contributed by atoms with Crippen molar-refractivity contribution >= 4 is 36.2 Å². The van der Waals surface area contributed by atoms with Crippen LogP contribution in [0.5, 0.6) is 11.5 Å². The van der Waals surface area contributed by atoms with E-state index >= 15 is 0 Å².